The molecule has 3 heterocycles. The third kappa shape index (κ3) is 3.42. The monoisotopic (exact) mass is 408 g/mol. The van der Waals surface area contributed by atoms with Crippen molar-refractivity contribution in [2.75, 3.05) is 7.11 Å². The van der Waals surface area contributed by atoms with Crippen LogP contribution in [0.4, 0.5) is 5.82 Å². The maximum Gasteiger partial charge on any atom is 0.159 e. The Balaban J connectivity index is 1.76. The molecule has 5 heteroatoms. The van der Waals surface area contributed by atoms with Gasteiger partial charge in [0, 0.05) is 23.7 Å². The Morgan fingerprint density at radius 2 is 1.74 bits per heavy atom. The highest BCUT2D eigenvalue weighted by Gasteiger charge is 2.31. The second-order valence-corrected chi connectivity index (χ2v) is 7.54. The Morgan fingerprint density at radius 1 is 0.968 bits per heavy atom. The Morgan fingerprint density at radius 3 is 2.48 bits per heavy atom. The van der Waals surface area contributed by atoms with E-state index < -0.39 is 0 Å². The summed E-state index contributed by atoms with van der Waals surface area (Å²) < 4.78 is 7.71. The van der Waals surface area contributed by atoms with Crippen molar-refractivity contribution in [3.63, 3.8) is 0 Å². The molecule has 0 saturated carbocycles. The highest BCUT2D eigenvalue weighted by Crippen LogP contribution is 2.42. The van der Waals surface area contributed by atoms with E-state index in [0.29, 0.717) is 6.42 Å². The number of aliphatic imine (C=N–C) groups is 1. The summed E-state index contributed by atoms with van der Waals surface area (Å²) in [5.74, 6) is 1.71. The van der Waals surface area contributed by atoms with Crippen LogP contribution in [0.5, 0.6) is 5.75 Å². The molecule has 1 unspecified atom stereocenters. The van der Waals surface area contributed by atoms with Gasteiger partial charge in [-0.15, -0.1) is 0 Å². The topological polar surface area (TPSA) is 52.3 Å². The largest absolute Gasteiger partial charge is 0.496 e. The van der Waals surface area contributed by atoms with E-state index in [0.717, 1.165) is 51.8 Å². The summed E-state index contributed by atoms with van der Waals surface area (Å²) in [6.45, 7) is 2.14. The summed E-state index contributed by atoms with van der Waals surface area (Å²) in [5.41, 5.74) is 6.25. The number of nitrogens with zero attached hydrogens (tertiary/aromatic N) is 4. The third-order valence-electron chi connectivity index (χ3n) is 5.72. The Kier molecular flexibility index (Phi) is 5.08. The zero-order chi connectivity index (χ0) is 21.2. The van der Waals surface area contributed by atoms with Crippen LogP contribution in [0.25, 0.3) is 11.1 Å². The average Bonchev–Trinajstić information content (AvgIpc) is 3.23. The van der Waals surface area contributed by atoms with Crippen LogP contribution in [0.2, 0.25) is 0 Å². The summed E-state index contributed by atoms with van der Waals surface area (Å²) in [5, 5.41) is 5.01. The van der Waals surface area contributed by atoms with E-state index in [-0.39, 0.29) is 6.04 Å². The fourth-order valence-electron chi connectivity index (χ4n) is 4.24. The van der Waals surface area contributed by atoms with Crippen molar-refractivity contribution in [3.8, 4) is 16.9 Å². The van der Waals surface area contributed by atoms with Gasteiger partial charge in [-0.25, -0.2) is 9.67 Å². The highest BCUT2D eigenvalue weighted by atomic mass is 16.5. The van der Waals surface area contributed by atoms with Crippen molar-refractivity contribution in [2.45, 2.75) is 25.8 Å². The molecular formula is C26H24N4O. The van der Waals surface area contributed by atoms with E-state index in [1.165, 1.54) is 0 Å². The predicted octanol–water partition coefficient (Wildman–Crippen LogP) is 5.63. The predicted molar refractivity (Wildman–Crippen MR) is 123 cm³/mol. The number of aromatic nitrogens is 3. The van der Waals surface area contributed by atoms with Gasteiger partial charge in [-0.3, -0.25) is 4.98 Å². The Bertz CT molecular complexity index is 1230. The molecule has 2 aromatic heterocycles. The fraction of sp³-hybridized carbons (Fsp3) is 0.192. The van der Waals surface area contributed by atoms with Crippen LogP contribution in [0, 0.1) is 0 Å². The number of pyridine rings is 1. The number of hydrogen-bond donors (Lipinski definition) is 0. The molecule has 0 radical (unpaired) electrons. The summed E-state index contributed by atoms with van der Waals surface area (Å²) in [7, 11) is 1.70. The normalized spacial score (nSPS) is 15.3. The van der Waals surface area contributed by atoms with Gasteiger partial charge in [-0.1, -0.05) is 55.5 Å². The lowest BCUT2D eigenvalue weighted by Gasteiger charge is -2.25. The summed E-state index contributed by atoms with van der Waals surface area (Å²) in [4.78, 5) is 9.82. The molecule has 1 atom stereocenters. The first-order valence-electron chi connectivity index (χ1n) is 10.6. The maximum atomic E-state index is 5.65. The van der Waals surface area contributed by atoms with E-state index in [1.807, 2.05) is 42.6 Å². The zero-order valence-electron chi connectivity index (χ0n) is 17.7. The second-order valence-electron chi connectivity index (χ2n) is 7.54. The molecule has 154 valence electrons. The molecule has 1 aliphatic rings. The first-order chi connectivity index (χ1) is 15.3. The van der Waals surface area contributed by atoms with Crippen LogP contribution in [-0.2, 0) is 6.42 Å². The van der Waals surface area contributed by atoms with Crippen molar-refractivity contribution in [3.05, 3.63) is 95.9 Å². The number of methoxy groups -OCH3 is 1. The molecule has 1 aliphatic heterocycles. The average molecular weight is 409 g/mol. The van der Waals surface area contributed by atoms with Crippen LogP contribution in [0.1, 0.15) is 36.3 Å². The summed E-state index contributed by atoms with van der Waals surface area (Å²) in [6, 6.07) is 24.5. The second kappa shape index (κ2) is 8.19. The molecule has 4 aromatic rings. The number of rotatable bonds is 5. The van der Waals surface area contributed by atoms with Gasteiger partial charge in [-0.2, -0.15) is 5.10 Å². The van der Waals surface area contributed by atoms with Gasteiger partial charge in [0.2, 0.25) is 0 Å². The van der Waals surface area contributed by atoms with E-state index in [1.54, 1.807) is 7.11 Å². The molecule has 0 N–H and O–H groups in total. The van der Waals surface area contributed by atoms with Crippen LogP contribution in [0.3, 0.4) is 0 Å². The van der Waals surface area contributed by atoms with E-state index >= 15 is 0 Å². The van der Waals surface area contributed by atoms with E-state index in [9.17, 15) is 0 Å². The smallest absolute Gasteiger partial charge is 0.159 e. The molecule has 0 bridgehead atoms. The van der Waals surface area contributed by atoms with Gasteiger partial charge >= 0.3 is 0 Å². The van der Waals surface area contributed by atoms with Crippen molar-refractivity contribution in [1.82, 2.24) is 14.8 Å². The van der Waals surface area contributed by atoms with Crippen molar-refractivity contribution in [2.24, 2.45) is 4.99 Å². The van der Waals surface area contributed by atoms with Crippen LogP contribution < -0.4 is 4.74 Å². The number of ether oxygens (including phenoxy) is 1. The van der Waals surface area contributed by atoms with Gasteiger partial charge in [0.25, 0.3) is 0 Å². The molecule has 31 heavy (non-hydrogen) atoms. The minimum Gasteiger partial charge on any atom is -0.496 e. The third-order valence-corrected chi connectivity index (χ3v) is 5.72. The van der Waals surface area contributed by atoms with Gasteiger partial charge < -0.3 is 4.74 Å². The van der Waals surface area contributed by atoms with Gasteiger partial charge in [0.05, 0.1) is 24.2 Å². The molecule has 0 aliphatic carbocycles. The molecular weight excluding hydrogens is 384 g/mol. The Hall–Kier alpha value is -3.73. The minimum absolute atomic E-state index is 0.0311. The van der Waals surface area contributed by atoms with E-state index in [4.69, 9.17) is 14.8 Å². The zero-order valence-corrected chi connectivity index (χ0v) is 17.7. The van der Waals surface area contributed by atoms with Crippen molar-refractivity contribution >= 4 is 11.5 Å². The summed E-state index contributed by atoms with van der Waals surface area (Å²) >= 11 is 0. The molecule has 2 aromatic carbocycles. The lowest BCUT2D eigenvalue weighted by Crippen LogP contribution is -2.22. The Labute approximate surface area is 182 Å². The van der Waals surface area contributed by atoms with Gasteiger partial charge in [0.15, 0.2) is 5.82 Å². The molecule has 5 rings (SSSR count). The molecule has 0 saturated heterocycles. The number of benzene rings is 2. The van der Waals surface area contributed by atoms with E-state index in [2.05, 4.69) is 53.0 Å². The molecule has 0 amide bonds. The van der Waals surface area contributed by atoms with Crippen LogP contribution in [0.15, 0.2) is 84.0 Å². The maximum absolute atomic E-state index is 5.65. The number of hydrogen-bond acceptors (Lipinski definition) is 4. The van der Waals surface area contributed by atoms with Crippen molar-refractivity contribution < 1.29 is 4.74 Å². The first-order valence-corrected chi connectivity index (χ1v) is 10.6. The van der Waals surface area contributed by atoms with Gasteiger partial charge in [0.1, 0.15) is 11.8 Å². The first kappa shape index (κ1) is 19.2. The quantitative estimate of drug-likeness (QED) is 0.430. The lowest BCUT2D eigenvalue weighted by molar-refractivity contribution is 0.413. The molecule has 0 fully saturated rings. The number of para-hydroxylation sites is 1. The van der Waals surface area contributed by atoms with Crippen molar-refractivity contribution in [1.29, 1.82) is 0 Å². The van der Waals surface area contributed by atoms with Crippen LogP contribution >= 0.6 is 0 Å². The molecule has 0 spiro atoms. The number of aryl methyl sites for hydroxylation is 1. The standard InChI is InChI=1S/C26H24N4O/c1-3-20-25(18-11-5-4-6-12-18)26-28-22(19-13-7-8-15-24(19)31-2)17-23(30(26)29-20)21-14-9-10-16-27-21/h4-16,23H,3,17H2,1-2H3. The molecule has 5 nitrogen and oxygen atoms in total. The SMILES string of the molecule is CCc1nn2c(c1-c1ccccc1)N=C(c1ccccc1OC)CC2c1ccccn1. The van der Waals surface area contributed by atoms with Crippen LogP contribution in [-0.4, -0.2) is 27.6 Å². The fourth-order valence-corrected chi connectivity index (χ4v) is 4.24. The minimum atomic E-state index is -0.0311. The van der Waals surface area contributed by atoms with Gasteiger partial charge in [-0.05, 0) is 36.2 Å². The number of fused-ring (bicyclic) bond motifs is 1. The summed E-state index contributed by atoms with van der Waals surface area (Å²) in [6.07, 6.45) is 3.37. The highest BCUT2D eigenvalue weighted by molar-refractivity contribution is 6.06. The lowest BCUT2D eigenvalue weighted by atomic mass is 9.97.